The summed E-state index contributed by atoms with van der Waals surface area (Å²) in [5, 5.41) is 0.701. The number of rotatable bonds is 2. The maximum Gasteiger partial charge on any atom is 0.137 e. The third-order valence-corrected chi connectivity index (χ3v) is 4.54. The van der Waals surface area contributed by atoms with E-state index in [-0.39, 0.29) is 0 Å². The number of benzene rings is 2. The molecule has 1 aliphatic heterocycles. The molecule has 1 aliphatic rings. The van der Waals surface area contributed by atoms with E-state index in [1.165, 1.54) is 16.7 Å². The number of nitrogens with zero attached hydrogens (tertiary/aromatic N) is 1. The molecular weight excluding hydrogens is 282 g/mol. The highest BCUT2D eigenvalue weighted by atomic mass is 35.5. The van der Waals surface area contributed by atoms with Crippen LogP contribution < -0.4 is 4.74 Å². The summed E-state index contributed by atoms with van der Waals surface area (Å²) in [7, 11) is 3.86. The minimum Gasteiger partial charge on any atom is -0.495 e. The van der Waals surface area contributed by atoms with E-state index in [0.717, 1.165) is 25.3 Å². The molecular formula is C18H20ClNO. The molecule has 3 rings (SSSR count). The van der Waals surface area contributed by atoms with E-state index in [0.29, 0.717) is 10.9 Å². The van der Waals surface area contributed by atoms with Crippen molar-refractivity contribution in [3.63, 3.8) is 0 Å². The van der Waals surface area contributed by atoms with Gasteiger partial charge in [0.05, 0.1) is 12.1 Å². The van der Waals surface area contributed by atoms with Crippen LogP contribution in [0.4, 0.5) is 0 Å². The lowest BCUT2D eigenvalue weighted by molar-refractivity contribution is 0.338. The Balaban J connectivity index is 2.12. The largest absolute Gasteiger partial charge is 0.495 e. The van der Waals surface area contributed by atoms with Crippen LogP contribution in [-0.4, -0.2) is 32.1 Å². The van der Waals surface area contributed by atoms with Crippen molar-refractivity contribution in [2.45, 2.75) is 12.3 Å². The zero-order valence-electron chi connectivity index (χ0n) is 12.5. The first kappa shape index (κ1) is 14.4. The van der Waals surface area contributed by atoms with Crippen molar-refractivity contribution in [3.8, 4) is 5.75 Å². The number of fused-ring (bicyclic) bond motifs is 1. The summed E-state index contributed by atoms with van der Waals surface area (Å²) < 4.78 is 5.42. The summed E-state index contributed by atoms with van der Waals surface area (Å²) in [6.45, 7) is 2.07. The standard InChI is InChI=1S/C18H20ClNO/c1-20-9-8-14-10-17(19)18(21-2)11-15(14)16(12-20)13-6-4-3-5-7-13/h3-7,10-11,16H,8-9,12H2,1-2H3/t16-/m1/s1. The summed E-state index contributed by atoms with van der Waals surface area (Å²) >= 11 is 6.31. The zero-order chi connectivity index (χ0) is 14.8. The molecule has 2 nitrogen and oxygen atoms in total. The minimum atomic E-state index is 0.361. The third kappa shape index (κ3) is 2.92. The van der Waals surface area contributed by atoms with Crippen molar-refractivity contribution in [1.29, 1.82) is 0 Å². The van der Waals surface area contributed by atoms with Crippen molar-refractivity contribution < 1.29 is 4.74 Å². The lowest BCUT2D eigenvalue weighted by Crippen LogP contribution is -2.24. The highest BCUT2D eigenvalue weighted by Gasteiger charge is 2.24. The quantitative estimate of drug-likeness (QED) is 0.832. The smallest absolute Gasteiger partial charge is 0.137 e. The van der Waals surface area contributed by atoms with Crippen molar-refractivity contribution >= 4 is 11.6 Å². The number of ether oxygens (including phenoxy) is 1. The molecule has 0 spiro atoms. The first-order chi connectivity index (χ1) is 10.2. The molecule has 110 valence electrons. The first-order valence-corrected chi connectivity index (χ1v) is 7.66. The molecule has 0 bridgehead atoms. The number of hydrogen-bond donors (Lipinski definition) is 0. The van der Waals surface area contributed by atoms with E-state index in [9.17, 15) is 0 Å². The Labute approximate surface area is 131 Å². The molecule has 0 amide bonds. The number of likely N-dealkylation sites (N-methyl/N-ethyl adjacent to an activating group) is 1. The Hall–Kier alpha value is -1.51. The molecule has 0 aromatic heterocycles. The second-order valence-corrected chi connectivity index (χ2v) is 6.07. The fraction of sp³-hybridized carbons (Fsp3) is 0.333. The van der Waals surface area contributed by atoms with Gasteiger partial charge in [0.2, 0.25) is 0 Å². The monoisotopic (exact) mass is 301 g/mol. The Morgan fingerprint density at radius 1 is 1.19 bits per heavy atom. The van der Waals surface area contributed by atoms with Gasteiger partial charge in [0.1, 0.15) is 5.75 Å². The lowest BCUT2D eigenvalue weighted by atomic mass is 9.88. The van der Waals surface area contributed by atoms with Gasteiger partial charge in [-0.1, -0.05) is 41.9 Å². The predicted molar refractivity (Wildman–Crippen MR) is 87.5 cm³/mol. The van der Waals surface area contributed by atoms with E-state index in [2.05, 4.69) is 54.4 Å². The van der Waals surface area contributed by atoms with Gasteiger partial charge in [0.15, 0.2) is 0 Å². The second-order valence-electron chi connectivity index (χ2n) is 5.66. The molecule has 1 heterocycles. The maximum absolute atomic E-state index is 6.31. The Bertz CT molecular complexity index is 627. The predicted octanol–water partition coefficient (Wildman–Crippen LogP) is 3.97. The van der Waals surface area contributed by atoms with Crippen LogP contribution in [0.25, 0.3) is 0 Å². The third-order valence-electron chi connectivity index (χ3n) is 4.25. The van der Waals surface area contributed by atoms with E-state index >= 15 is 0 Å². The molecule has 0 N–H and O–H groups in total. The second kappa shape index (κ2) is 6.08. The highest BCUT2D eigenvalue weighted by molar-refractivity contribution is 6.32. The van der Waals surface area contributed by atoms with Crippen molar-refractivity contribution in [3.05, 3.63) is 64.2 Å². The molecule has 0 fully saturated rings. The average Bonchev–Trinajstić information content (AvgIpc) is 2.67. The van der Waals surface area contributed by atoms with Gasteiger partial charge in [-0.15, -0.1) is 0 Å². The summed E-state index contributed by atoms with van der Waals surface area (Å²) in [6, 6.07) is 14.9. The van der Waals surface area contributed by atoms with Crippen LogP contribution in [-0.2, 0) is 6.42 Å². The van der Waals surface area contributed by atoms with Crippen LogP contribution in [0.2, 0.25) is 5.02 Å². The van der Waals surface area contributed by atoms with E-state index in [4.69, 9.17) is 16.3 Å². The van der Waals surface area contributed by atoms with E-state index in [1.807, 2.05) is 0 Å². The van der Waals surface area contributed by atoms with E-state index in [1.54, 1.807) is 7.11 Å². The number of hydrogen-bond acceptors (Lipinski definition) is 2. The summed E-state index contributed by atoms with van der Waals surface area (Å²) in [6.07, 6.45) is 1.03. The van der Waals surface area contributed by atoms with Crippen LogP contribution >= 0.6 is 11.6 Å². The van der Waals surface area contributed by atoms with Gasteiger partial charge in [0.25, 0.3) is 0 Å². The van der Waals surface area contributed by atoms with Crippen LogP contribution in [0.5, 0.6) is 5.75 Å². The summed E-state index contributed by atoms with van der Waals surface area (Å²) in [5.74, 6) is 1.13. The summed E-state index contributed by atoms with van der Waals surface area (Å²) in [5.41, 5.74) is 4.02. The summed E-state index contributed by atoms with van der Waals surface area (Å²) in [4.78, 5) is 2.39. The number of methoxy groups -OCH3 is 1. The van der Waals surface area contributed by atoms with Crippen LogP contribution in [0.1, 0.15) is 22.6 Å². The van der Waals surface area contributed by atoms with Crippen molar-refractivity contribution in [2.75, 3.05) is 27.2 Å². The molecule has 21 heavy (non-hydrogen) atoms. The molecule has 1 atom stereocenters. The van der Waals surface area contributed by atoms with Gasteiger partial charge < -0.3 is 9.64 Å². The van der Waals surface area contributed by atoms with Crippen LogP contribution in [0.15, 0.2) is 42.5 Å². The van der Waals surface area contributed by atoms with Gasteiger partial charge in [0, 0.05) is 19.0 Å². The van der Waals surface area contributed by atoms with E-state index < -0.39 is 0 Å². The lowest BCUT2D eigenvalue weighted by Gasteiger charge is -2.22. The fourth-order valence-corrected chi connectivity index (χ4v) is 3.35. The molecule has 3 heteroatoms. The zero-order valence-corrected chi connectivity index (χ0v) is 13.2. The van der Waals surface area contributed by atoms with Gasteiger partial charge in [-0.25, -0.2) is 0 Å². The van der Waals surface area contributed by atoms with Gasteiger partial charge in [-0.3, -0.25) is 0 Å². The first-order valence-electron chi connectivity index (χ1n) is 7.29. The Morgan fingerprint density at radius 2 is 1.95 bits per heavy atom. The molecule has 2 aromatic rings. The SMILES string of the molecule is COc1cc2c(cc1Cl)CCN(C)C[C@@H]2c1ccccc1. The topological polar surface area (TPSA) is 12.5 Å². The Kier molecular flexibility index (Phi) is 4.18. The Morgan fingerprint density at radius 3 is 2.67 bits per heavy atom. The van der Waals surface area contributed by atoms with Gasteiger partial charge in [-0.05, 0) is 42.3 Å². The molecule has 0 unspecified atom stereocenters. The van der Waals surface area contributed by atoms with Crippen molar-refractivity contribution in [1.82, 2.24) is 4.90 Å². The van der Waals surface area contributed by atoms with Crippen LogP contribution in [0.3, 0.4) is 0 Å². The fourth-order valence-electron chi connectivity index (χ4n) is 3.09. The molecule has 0 saturated heterocycles. The van der Waals surface area contributed by atoms with Crippen LogP contribution in [0, 0.1) is 0 Å². The molecule has 0 saturated carbocycles. The normalized spacial score (nSPS) is 18.9. The van der Waals surface area contributed by atoms with Crippen molar-refractivity contribution in [2.24, 2.45) is 0 Å². The van der Waals surface area contributed by atoms with Gasteiger partial charge in [-0.2, -0.15) is 0 Å². The highest BCUT2D eigenvalue weighted by Crippen LogP contribution is 2.37. The number of halogens is 1. The van der Waals surface area contributed by atoms with Gasteiger partial charge >= 0.3 is 0 Å². The minimum absolute atomic E-state index is 0.361. The molecule has 0 radical (unpaired) electrons. The average molecular weight is 302 g/mol. The molecule has 2 aromatic carbocycles. The maximum atomic E-state index is 6.31. The molecule has 0 aliphatic carbocycles.